The average Bonchev–Trinajstić information content (AvgIpc) is 2.36. The lowest BCUT2D eigenvalue weighted by molar-refractivity contribution is -0.119. The highest BCUT2D eigenvalue weighted by Crippen LogP contribution is 2.19. The van der Waals surface area contributed by atoms with Gasteiger partial charge in [0, 0.05) is 20.1 Å². The van der Waals surface area contributed by atoms with Crippen LogP contribution in [-0.2, 0) is 0 Å². The van der Waals surface area contributed by atoms with Crippen molar-refractivity contribution in [3.63, 3.8) is 0 Å². The number of carbonyl (C=O) groups excluding carboxylic acids is 1. The molecule has 0 aromatic carbocycles. The third kappa shape index (κ3) is 4.70. The van der Waals surface area contributed by atoms with Gasteiger partial charge in [0.2, 0.25) is 0 Å². The van der Waals surface area contributed by atoms with Gasteiger partial charge in [0.05, 0.1) is 0 Å². The van der Waals surface area contributed by atoms with Gasteiger partial charge in [-0.3, -0.25) is 4.79 Å². The Bertz CT molecular complexity index is 420. The summed E-state index contributed by atoms with van der Waals surface area (Å²) in [7, 11) is 1.42. The molecule has 1 aromatic rings. The molecule has 0 aliphatic carbocycles. The smallest absolute Gasteiger partial charge is 0.354 e. The number of amides is 1. The first kappa shape index (κ1) is 15.2. The van der Waals surface area contributed by atoms with E-state index in [0.717, 1.165) is 4.90 Å². The van der Waals surface area contributed by atoms with Crippen LogP contribution < -0.4 is 16.0 Å². The number of anilines is 1. The molecular weight excluding hydrogens is 263 g/mol. The number of aromatic nitrogens is 2. The predicted molar refractivity (Wildman–Crippen MR) is 62.7 cm³/mol. The van der Waals surface area contributed by atoms with Gasteiger partial charge in [-0.15, -0.1) is 10.2 Å². The average molecular weight is 277 g/mol. The van der Waals surface area contributed by atoms with Gasteiger partial charge in [0.1, 0.15) is 6.54 Å². The summed E-state index contributed by atoms with van der Waals surface area (Å²) in [5.74, 6) is -0.435. The van der Waals surface area contributed by atoms with Gasteiger partial charge in [-0.25, -0.2) is 0 Å². The van der Waals surface area contributed by atoms with E-state index in [1.54, 1.807) is 0 Å². The summed E-state index contributed by atoms with van der Waals surface area (Å²) < 4.78 is 37.1. The summed E-state index contributed by atoms with van der Waals surface area (Å²) in [6.07, 6.45) is -4.36. The Labute approximate surface area is 107 Å². The van der Waals surface area contributed by atoms with E-state index in [2.05, 4.69) is 15.5 Å². The van der Waals surface area contributed by atoms with Crippen LogP contribution in [0.15, 0.2) is 12.1 Å². The van der Waals surface area contributed by atoms with Gasteiger partial charge in [0.15, 0.2) is 11.5 Å². The van der Waals surface area contributed by atoms with Crippen LogP contribution in [0, 0.1) is 0 Å². The fraction of sp³-hybridized carbons (Fsp3) is 0.500. The molecule has 0 bridgehead atoms. The van der Waals surface area contributed by atoms with Gasteiger partial charge in [-0.05, 0) is 12.1 Å². The molecule has 0 aliphatic heterocycles. The van der Waals surface area contributed by atoms with Crippen molar-refractivity contribution in [2.24, 2.45) is 5.73 Å². The minimum Gasteiger partial charge on any atom is -0.354 e. The van der Waals surface area contributed by atoms with Crippen molar-refractivity contribution in [3.8, 4) is 0 Å². The van der Waals surface area contributed by atoms with Crippen molar-refractivity contribution in [3.05, 3.63) is 17.8 Å². The summed E-state index contributed by atoms with van der Waals surface area (Å²) in [5.41, 5.74) is 5.30. The first-order valence-corrected chi connectivity index (χ1v) is 5.45. The van der Waals surface area contributed by atoms with E-state index in [-0.39, 0.29) is 24.6 Å². The zero-order valence-electron chi connectivity index (χ0n) is 10.2. The third-order valence-electron chi connectivity index (χ3n) is 2.20. The molecule has 6 nitrogen and oxygen atoms in total. The molecule has 0 spiro atoms. The van der Waals surface area contributed by atoms with E-state index in [9.17, 15) is 18.0 Å². The maximum absolute atomic E-state index is 12.4. The van der Waals surface area contributed by atoms with Gasteiger partial charge in [-0.1, -0.05) is 0 Å². The number of carbonyl (C=O) groups is 1. The quantitative estimate of drug-likeness (QED) is 0.801. The Hall–Kier alpha value is -1.90. The molecular formula is C10H14F3N5O. The van der Waals surface area contributed by atoms with Crippen molar-refractivity contribution in [2.75, 3.05) is 31.6 Å². The molecule has 0 aliphatic rings. The second-order valence-corrected chi connectivity index (χ2v) is 3.68. The number of hydrogen-bond acceptors (Lipinski definition) is 5. The van der Waals surface area contributed by atoms with Crippen molar-refractivity contribution >= 4 is 11.7 Å². The van der Waals surface area contributed by atoms with Gasteiger partial charge in [-0.2, -0.15) is 13.2 Å². The number of alkyl halides is 3. The van der Waals surface area contributed by atoms with E-state index in [1.807, 2.05) is 0 Å². The van der Waals surface area contributed by atoms with Crippen molar-refractivity contribution in [1.29, 1.82) is 0 Å². The first-order valence-electron chi connectivity index (χ1n) is 5.45. The maximum Gasteiger partial charge on any atom is 0.405 e. The molecule has 0 radical (unpaired) electrons. The number of nitrogens with two attached hydrogens (primary N) is 1. The minimum absolute atomic E-state index is 0.00644. The first-order chi connectivity index (χ1) is 8.87. The summed E-state index contributed by atoms with van der Waals surface area (Å²) in [6, 6.07) is 2.61. The van der Waals surface area contributed by atoms with E-state index in [4.69, 9.17) is 5.73 Å². The third-order valence-corrected chi connectivity index (χ3v) is 2.20. The summed E-state index contributed by atoms with van der Waals surface area (Å²) >= 11 is 0. The van der Waals surface area contributed by atoms with Gasteiger partial charge >= 0.3 is 6.18 Å². The van der Waals surface area contributed by atoms with Crippen LogP contribution in [0.1, 0.15) is 10.5 Å². The van der Waals surface area contributed by atoms with Gasteiger partial charge < -0.3 is 16.0 Å². The maximum atomic E-state index is 12.4. The Balaban J connectivity index is 2.88. The fourth-order valence-electron chi connectivity index (χ4n) is 1.39. The van der Waals surface area contributed by atoms with Crippen LogP contribution in [-0.4, -0.2) is 49.0 Å². The van der Waals surface area contributed by atoms with Crippen LogP contribution >= 0.6 is 0 Å². The minimum atomic E-state index is -4.36. The van der Waals surface area contributed by atoms with E-state index < -0.39 is 18.6 Å². The van der Waals surface area contributed by atoms with E-state index in [1.165, 1.54) is 19.2 Å². The van der Waals surface area contributed by atoms with Crippen LogP contribution in [0.5, 0.6) is 0 Å². The number of halogens is 3. The predicted octanol–water partition coefficient (Wildman–Crippen LogP) is 0.164. The standard InChI is InChI=1S/C10H14F3N5O/c1-15-9(19)7-2-3-8(17-16-7)18(5-4-14)6-10(11,12)13/h2-3H,4-6,14H2,1H3,(H,15,19). The zero-order chi connectivity index (χ0) is 14.5. The summed E-state index contributed by atoms with van der Waals surface area (Å²) in [6.45, 7) is -1.12. The molecule has 1 heterocycles. The Morgan fingerprint density at radius 3 is 2.53 bits per heavy atom. The molecule has 0 saturated heterocycles. The SMILES string of the molecule is CNC(=O)c1ccc(N(CCN)CC(F)(F)F)nn1. The molecule has 0 atom stereocenters. The lowest BCUT2D eigenvalue weighted by Crippen LogP contribution is -2.38. The lowest BCUT2D eigenvalue weighted by Gasteiger charge is -2.23. The largest absolute Gasteiger partial charge is 0.405 e. The van der Waals surface area contributed by atoms with Crippen LogP contribution in [0.3, 0.4) is 0 Å². The number of rotatable bonds is 5. The monoisotopic (exact) mass is 277 g/mol. The van der Waals surface area contributed by atoms with Crippen LogP contribution in [0.25, 0.3) is 0 Å². The Kier molecular flexibility index (Phi) is 5.04. The van der Waals surface area contributed by atoms with Crippen LogP contribution in [0.2, 0.25) is 0 Å². The van der Waals surface area contributed by atoms with Crippen LogP contribution in [0.4, 0.5) is 19.0 Å². The molecule has 0 saturated carbocycles. The Morgan fingerprint density at radius 2 is 2.11 bits per heavy atom. The second kappa shape index (κ2) is 6.32. The molecule has 0 fully saturated rings. The molecule has 19 heavy (non-hydrogen) atoms. The molecule has 1 aromatic heterocycles. The number of nitrogens with zero attached hydrogens (tertiary/aromatic N) is 3. The topological polar surface area (TPSA) is 84.1 Å². The van der Waals surface area contributed by atoms with Gasteiger partial charge in [0.25, 0.3) is 5.91 Å². The molecule has 9 heteroatoms. The van der Waals surface area contributed by atoms with Crippen molar-refractivity contribution in [2.45, 2.75) is 6.18 Å². The summed E-state index contributed by atoms with van der Waals surface area (Å²) in [5, 5.41) is 9.52. The number of nitrogens with one attached hydrogen (secondary N) is 1. The van der Waals surface area contributed by atoms with E-state index >= 15 is 0 Å². The van der Waals surface area contributed by atoms with E-state index in [0.29, 0.717) is 0 Å². The number of hydrogen-bond donors (Lipinski definition) is 2. The molecule has 1 amide bonds. The normalized spacial score (nSPS) is 11.2. The zero-order valence-corrected chi connectivity index (χ0v) is 10.2. The highest BCUT2D eigenvalue weighted by Gasteiger charge is 2.31. The Morgan fingerprint density at radius 1 is 1.42 bits per heavy atom. The highest BCUT2D eigenvalue weighted by molar-refractivity contribution is 5.91. The molecule has 1 rings (SSSR count). The second-order valence-electron chi connectivity index (χ2n) is 3.68. The molecule has 3 N–H and O–H groups in total. The van der Waals surface area contributed by atoms with Crippen molar-refractivity contribution in [1.82, 2.24) is 15.5 Å². The highest BCUT2D eigenvalue weighted by atomic mass is 19.4. The molecule has 0 unspecified atom stereocenters. The van der Waals surface area contributed by atoms with Crippen molar-refractivity contribution < 1.29 is 18.0 Å². The lowest BCUT2D eigenvalue weighted by atomic mass is 10.3. The fourth-order valence-corrected chi connectivity index (χ4v) is 1.39. The molecule has 106 valence electrons. The summed E-state index contributed by atoms with van der Waals surface area (Å²) in [4.78, 5) is 12.2.